The van der Waals surface area contributed by atoms with E-state index >= 15 is 0 Å². The Morgan fingerprint density at radius 1 is 1.09 bits per heavy atom. The Hall–Kier alpha value is -2.43. The average Bonchev–Trinajstić information content (AvgIpc) is 2.47. The van der Waals surface area contributed by atoms with Crippen LogP contribution in [0.15, 0.2) is 36.7 Å². The maximum atomic E-state index is 11.0. The predicted molar refractivity (Wildman–Crippen MR) is 90.2 cm³/mol. The molecule has 5 nitrogen and oxygen atoms in total. The molecule has 2 aromatic rings. The summed E-state index contributed by atoms with van der Waals surface area (Å²) in [6.07, 6.45) is 4.39. The van der Waals surface area contributed by atoms with Gasteiger partial charge in [0.1, 0.15) is 0 Å². The maximum absolute atomic E-state index is 11.0. The van der Waals surface area contributed by atoms with Crippen LogP contribution < -0.4 is 10.1 Å². The number of carbonyl (C=O) groups is 1. The van der Waals surface area contributed by atoms with Gasteiger partial charge in [0, 0.05) is 30.9 Å². The van der Waals surface area contributed by atoms with E-state index < -0.39 is 0 Å². The standard InChI is InChI=1S/C18H23N3O2/c1-12(2)23-18-19-10-17(11-20-18)16-7-5-15(6-8-16)9-13(3)21-14(4)22/h5-8,10-13H,9H2,1-4H3,(H,21,22). The highest BCUT2D eigenvalue weighted by atomic mass is 16.5. The zero-order chi connectivity index (χ0) is 16.8. The number of nitrogens with one attached hydrogen (secondary N) is 1. The molecule has 0 fully saturated rings. The molecule has 5 heteroatoms. The van der Waals surface area contributed by atoms with Gasteiger partial charge in [0.25, 0.3) is 0 Å². The number of hydrogen-bond donors (Lipinski definition) is 1. The van der Waals surface area contributed by atoms with E-state index in [1.54, 1.807) is 12.4 Å². The van der Waals surface area contributed by atoms with Crippen molar-refractivity contribution in [3.63, 3.8) is 0 Å². The van der Waals surface area contributed by atoms with Gasteiger partial charge in [-0.1, -0.05) is 24.3 Å². The molecule has 0 radical (unpaired) electrons. The number of hydrogen-bond acceptors (Lipinski definition) is 4. The smallest absolute Gasteiger partial charge is 0.316 e. The van der Waals surface area contributed by atoms with Crippen molar-refractivity contribution < 1.29 is 9.53 Å². The van der Waals surface area contributed by atoms with Crippen LogP contribution in [0.1, 0.15) is 33.3 Å². The van der Waals surface area contributed by atoms with Crippen LogP contribution >= 0.6 is 0 Å². The Kier molecular flexibility index (Phi) is 5.68. The number of carbonyl (C=O) groups excluding carboxylic acids is 1. The first-order valence-electron chi connectivity index (χ1n) is 7.79. The maximum Gasteiger partial charge on any atom is 0.316 e. The minimum absolute atomic E-state index is 0.00465. The minimum atomic E-state index is -0.00465. The first kappa shape index (κ1) is 16.9. The van der Waals surface area contributed by atoms with Crippen molar-refractivity contribution in [1.29, 1.82) is 0 Å². The lowest BCUT2D eigenvalue weighted by molar-refractivity contribution is -0.119. The average molecular weight is 313 g/mol. The third-order valence-corrected chi connectivity index (χ3v) is 3.25. The third-order valence-electron chi connectivity index (χ3n) is 3.25. The summed E-state index contributed by atoms with van der Waals surface area (Å²) in [7, 11) is 0. The van der Waals surface area contributed by atoms with Crippen LogP contribution in [0.4, 0.5) is 0 Å². The summed E-state index contributed by atoms with van der Waals surface area (Å²) in [5.41, 5.74) is 3.18. The van der Waals surface area contributed by atoms with E-state index in [-0.39, 0.29) is 18.1 Å². The highest BCUT2D eigenvalue weighted by Gasteiger charge is 2.06. The molecule has 1 amide bonds. The highest BCUT2D eigenvalue weighted by molar-refractivity contribution is 5.73. The second kappa shape index (κ2) is 7.72. The fourth-order valence-electron chi connectivity index (χ4n) is 2.32. The zero-order valence-corrected chi connectivity index (χ0v) is 14.0. The molecule has 0 aliphatic rings. The van der Waals surface area contributed by atoms with E-state index in [9.17, 15) is 4.79 Å². The van der Waals surface area contributed by atoms with E-state index in [0.717, 1.165) is 17.5 Å². The van der Waals surface area contributed by atoms with Gasteiger partial charge in [-0.3, -0.25) is 4.79 Å². The summed E-state index contributed by atoms with van der Waals surface area (Å²) in [5.74, 6) is -0.00465. The van der Waals surface area contributed by atoms with Gasteiger partial charge in [-0.25, -0.2) is 9.97 Å². The van der Waals surface area contributed by atoms with Crippen LogP contribution in [-0.4, -0.2) is 28.0 Å². The van der Waals surface area contributed by atoms with Gasteiger partial charge in [0.15, 0.2) is 0 Å². The molecule has 0 aliphatic heterocycles. The number of rotatable bonds is 6. The van der Waals surface area contributed by atoms with Crippen molar-refractivity contribution in [1.82, 2.24) is 15.3 Å². The van der Waals surface area contributed by atoms with E-state index in [1.807, 2.05) is 32.9 Å². The fraction of sp³-hybridized carbons (Fsp3) is 0.389. The Balaban J connectivity index is 2.03. The van der Waals surface area contributed by atoms with E-state index in [1.165, 1.54) is 12.5 Å². The molecule has 0 spiro atoms. The topological polar surface area (TPSA) is 64.1 Å². The monoisotopic (exact) mass is 313 g/mol. The molecule has 1 aromatic carbocycles. The van der Waals surface area contributed by atoms with Gasteiger partial charge in [-0.2, -0.15) is 0 Å². The molecule has 122 valence electrons. The van der Waals surface area contributed by atoms with Crippen molar-refractivity contribution in [2.75, 3.05) is 0 Å². The van der Waals surface area contributed by atoms with Gasteiger partial charge >= 0.3 is 6.01 Å². The van der Waals surface area contributed by atoms with E-state index in [4.69, 9.17) is 4.74 Å². The summed E-state index contributed by atoms with van der Waals surface area (Å²) >= 11 is 0. The molecule has 1 heterocycles. The predicted octanol–water partition coefficient (Wildman–Crippen LogP) is 3.00. The third kappa shape index (κ3) is 5.36. The van der Waals surface area contributed by atoms with E-state index in [0.29, 0.717) is 6.01 Å². The van der Waals surface area contributed by atoms with Crippen LogP contribution in [0.25, 0.3) is 11.1 Å². The lowest BCUT2D eigenvalue weighted by atomic mass is 10.0. The normalized spacial score (nSPS) is 12.0. The first-order valence-corrected chi connectivity index (χ1v) is 7.79. The number of aromatic nitrogens is 2. The summed E-state index contributed by atoms with van der Waals surface area (Å²) in [5, 5.41) is 2.89. The Morgan fingerprint density at radius 2 is 1.70 bits per heavy atom. The molecule has 2 rings (SSSR count). The molecule has 0 saturated carbocycles. The second-order valence-corrected chi connectivity index (χ2v) is 5.92. The van der Waals surface area contributed by atoms with Crippen molar-refractivity contribution in [3.05, 3.63) is 42.2 Å². The first-order chi connectivity index (χ1) is 10.9. The Labute approximate surface area is 137 Å². The second-order valence-electron chi connectivity index (χ2n) is 5.92. The van der Waals surface area contributed by atoms with Crippen molar-refractivity contribution in [3.8, 4) is 17.1 Å². The lowest BCUT2D eigenvalue weighted by Gasteiger charge is -2.12. The molecule has 1 unspecified atom stereocenters. The summed E-state index contributed by atoms with van der Waals surface area (Å²) in [6.45, 7) is 7.42. The number of ether oxygens (including phenoxy) is 1. The largest absolute Gasteiger partial charge is 0.461 e. The molecule has 0 aliphatic carbocycles. The van der Waals surface area contributed by atoms with Crippen molar-refractivity contribution in [2.45, 2.75) is 46.3 Å². The zero-order valence-electron chi connectivity index (χ0n) is 14.0. The van der Waals surface area contributed by atoms with Gasteiger partial charge in [-0.15, -0.1) is 0 Å². The number of amides is 1. The molecule has 1 aromatic heterocycles. The molecular formula is C18H23N3O2. The van der Waals surface area contributed by atoms with E-state index in [2.05, 4.69) is 27.4 Å². The summed E-state index contributed by atoms with van der Waals surface area (Å²) in [4.78, 5) is 19.5. The highest BCUT2D eigenvalue weighted by Crippen LogP contribution is 2.20. The number of benzene rings is 1. The Morgan fingerprint density at radius 3 is 2.22 bits per heavy atom. The molecule has 1 atom stereocenters. The van der Waals surface area contributed by atoms with Gasteiger partial charge in [0.05, 0.1) is 6.10 Å². The van der Waals surface area contributed by atoms with Crippen LogP contribution in [-0.2, 0) is 11.2 Å². The van der Waals surface area contributed by atoms with Crippen LogP contribution in [0.5, 0.6) is 6.01 Å². The number of nitrogens with zero attached hydrogens (tertiary/aromatic N) is 2. The van der Waals surface area contributed by atoms with Gasteiger partial charge in [-0.05, 0) is 38.3 Å². The fourth-order valence-corrected chi connectivity index (χ4v) is 2.32. The Bertz CT molecular complexity index is 636. The summed E-state index contributed by atoms with van der Waals surface area (Å²) in [6, 6.07) is 8.71. The van der Waals surface area contributed by atoms with Crippen LogP contribution in [0.3, 0.4) is 0 Å². The van der Waals surface area contributed by atoms with Crippen LogP contribution in [0.2, 0.25) is 0 Å². The van der Waals surface area contributed by atoms with Crippen molar-refractivity contribution in [2.24, 2.45) is 0 Å². The van der Waals surface area contributed by atoms with Gasteiger partial charge < -0.3 is 10.1 Å². The molecule has 23 heavy (non-hydrogen) atoms. The van der Waals surface area contributed by atoms with Gasteiger partial charge in [0.2, 0.25) is 5.91 Å². The minimum Gasteiger partial charge on any atom is -0.461 e. The molecule has 0 saturated heterocycles. The quantitative estimate of drug-likeness (QED) is 0.890. The SMILES string of the molecule is CC(=O)NC(C)Cc1ccc(-c2cnc(OC(C)C)nc2)cc1. The molecule has 1 N–H and O–H groups in total. The molecular weight excluding hydrogens is 290 g/mol. The van der Waals surface area contributed by atoms with Crippen LogP contribution in [0, 0.1) is 0 Å². The van der Waals surface area contributed by atoms with Crippen molar-refractivity contribution >= 4 is 5.91 Å². The summed E-state index contributed by atoms with van der Waals surface area (Å²) < 4.78 is 5.44. The molecule has 0 bridgehead atoms. The lowest BCUT2D eigenvalue weighted by Crippen LogP contribution is -2.31.